The van der Waals surface area contributed by atoms with Crippen molar-refractivity contribution in [3.8, 4) is 0 Å². The Labute approximate surface area is 142 Å². The van der Waals surface area contributed by atoms with E-state index >= 15 is 0 Å². The molecular formula is C18H26N2O2S. The molecule has 5 heteroatoms. The molecule has 2 atom stereocenters. The maximum Gasteiger partial charge on any atom is 0.228 e. The average molecular weight is 334 g/mol. The molecule has 126 valence electrons. The van der Waals surface area contributed by atoms with Crippen LogP contribution in [0.25, 0.3) is 0 Å². The molecule has 3 aliphatic rings. The van der Waals surface area contributed by atoms with Gasteiger partial charge >= 0.3 is 0 Å². The second-order valence-electron chi connectivity index (χ2n) is 7.11. The Kier molecular flexibility index (Phi) is 4.69. The Morgan fingerprint density at radius 3 is 2.78 bits per heavy atom. The van der Waals surface area contributed by atoms with Gasteiger partial charge in [0.05, 0.1) is 6.42 Å². The predicted molar refractivity (Wildman–Crippen MR) is 91.7 cm³/mol. The number of ether oxygens (including phenoxy) is 1. The molecule has 23 heavy (non-hydrogen) atoms. The Morgan fingerprint density at radius 2 is 2.00 bits per heavy atom. The number of fused-ring (bicyclic) bond motifs is 1. The SMILES string of the molecule is O=C(Cc1cccs1)N1CC[C@@H]2[C@H]1CCN2CC1CCOCC1. The first-order chi connectivity index (χ1) is 11.3. The Hall–Kier alpha value is -0.910. The minimum atomic E-state index is 0.327. The van der Waals surface area contributed by atoms with Crippen LogP contribution in [0.1, 0.15) is 30.6 Å². The zero-order valence-corrected chi connectivity index (χ0v) is 14.5. The third-order valence-electron chi connectivity index (χ3n) is 5.75. The quantitative estimate of drug-likeness (QED) is 0.848. The molecule has 1 aromatic rings. The molecule has 3 aliphatic heterocycles. The molecule has 3 saturated heterocycles. The van der Waals surface area contributed by atoms with Gasteiger partial charge in [0.1, 0.15) is 0 Å². The number of carbonyl (C=O) groups is 1. The zero-order chi connectivity index (χ0) is 15.6. The number of amides is 1. The number of rotatable bonds is 4. The third-order valence-corrected chi connectivity index (χ3v) is 6.63. The van der Waals surface area contributed by atoms with E-state index in [9.17, 15) is 4.79 Å². The largest absolute Gasteiger partial charge is 0.381 e. The molecule has 1 amide bonds. The smallest absolute Gasteiger partial charge is 0.228 e. The summed E-state index contributed by atoms with van der Waals surface area (Å²) in [5.74, 6) is 1.12. The van der Waals surface area contributed by atoms with Crippen molar-refractivity contribution in [1.82, 2.24) is 9.80 Å². The maximum atomic E-state index is 12.6. The summed E-state index contributed by atoms with van der Waals surface area (Å²) in [7, 11) is 0. The molecule has 0 unspecified atom stereocenters. The molecular weight excluding hydrogens is 308 g/mol. The van der Waals surface area contributed by atoms with Gasteiger partial charge in [0.2, 0.25) is 5.91 Å². The molecule has 0 N–H and O–H groups in total. The Balaban J connectivity index is 1.34. The lowest BCUT2D eigenvalue weighted by Crippen LogP contribution is -2.41. The lowest BCUT2D eigenvalue weighted by molar-refractivity contribution is -0.131. The molecule has 4 rings (SSSR count). The number of thiophene rings is 1. The number of likely N-dealkylation sites (tertiary alicyclic amines) is 2. The van der Waals surface area contributed by atoms with E-state index in [1.54, 1.807) is 11.3 Å². The Bertz CT molecular complexity index is 527. The third kappa shape index (κ3) is 3.32. The van der Waals surface area contributed by atoms with E-state index < -0.39 is 0 Å². The molecule has 0 spiro atoms. The number of hydrogen-bond acceptors (Lipinski definition) is 4. The summed E-state index contributed by atoms with van der Waals surface area (Å²) < 4.78 is 5.48. The van der Waals surface area contributed by atoms with Gasteiger partial charge in [-0.1, -0.05) is 6.07 Å². The highest BCUT2D eigenvalue weighted by atomic mass is 32.1. The topological polar surface area (TPSA) is 32.8 Å². The number of carbonyl (C=O) groups excluding carboxylic acids is 1. The summed E-state index contributed by atoms with van der Waals surface area (Å²) in [5, 5.41) is 2.06. The first kappa shape index (κ1) is 15.6. The van der Waals surface area contributed by atoms with E-state index in [1.807, 2.05) is 6.07 Å². The van der Waals surface area contributed by atoms with Gasteiger partial charge in [-0.2, -0.15) is 0 Å². The van der Waals surface area contributed by atoms with Crippen LogP contribution < -0.4 is 0 Å². The summed E-state index contributed by atoms with van der Waals surface area (Å²) in [6.45, 7) is 5.17. The first-order valence-corrected chi connectivity index (χ1v) is 9.83. The van der Waals surface area contributed by atoms with Gasteiger partial charge in [-0.05, 0) is 43.0 Å². The normalized spacial score (nSPS) is 29.1. The van der Waals surface area contributed by atoms with Crippen molar-refractivity contribution in [2.24, 2.45) is 5.92 Å². The summed E-state index contributed by atoms with van der Waals surface area (Å²) >= 11 is 1.69. The van der Waals surface area contributed by atoms with Crippen LogP contribution in [-0.4, -0.2) is 60.6 Å². The van der Waals surface area contributed by atoms with Crippen LogP contribution in [0.5, 0.6) is 0 Å². The lowest BCUT2D eigenvalue weighted by Gasteiger charge is -2.30. The highest BCUT2D eigenvalue weighted by Gasteiger charge is 2.44. The molecule has 0 bridgehead atoms. The molecule has 3 fully saturated rings. The number of hydrogen-bond donors (Lipinski definition) is 0. The highest BCUT2D eigenvalue weighted by molar-refractivity contribution is 7.10. The van der Waals surface area contributed by atoms with Crippen molar-refractivity contribution >= 4 is 17.2 Å². The summed E-state index contributed by atoms with van der Waals surface area (Å²) in [5.41, 5.74) is 0. The van der Waals surface area contributed by atoms with Crippen LogP contribution in [-0.2, 0) is 16.0 Å². The van der Waals surface area contributed by atoms with Gasteiger partial charge < -0.3 is 9.64 Å². The van der Waals surface area contributed by atoms with Gasteiger partial charge in [-0.15, -0.1) is 11.3 Å². The van der Waals surface area contributed by atoms with Crippen LogP contribution in [0.3, 0.4) is 0 Å². The zero-order valence-electron chi connectivity index (χ0n) is 13.7. The van der Waals surface area contributed by atoms with Crippen LogP contribution in [0.4, 0.5) is 0 Å². The predicted octanol–water partition coefficient (Wildman–Crippen LogP) is 2.39. The average Bonchev–Trinajstić information content (AvgIpc) is 3.27. The van der Waals surface area contributed by atoms with Crippen molar-refractivity contribution in [2.45, 2.75) is 44.2 Å². The van der Waals surface area contributed by atoms with Crippen LogP contribution in [0, 0.1) is 5.92 Å². The fraction of sp³-hybridized carbons (Fsp3) is 0.722. The summed E-state index contributed by atoms with van der Waals surface area (Å²) in [6, 6.07) is 5.17. The molecule has 0 aliphatic carbocycles. The van der Waals surface area contributed by atoms with Crippen molar-refractivity contribution in [3.05, 3.63) is 22.4 Å². The Morgan fingerprint density at radius 1 is 1.17 bits per heavy atom. The fourth-order valence-electron chi connectivity index (χ4n) is 4.54. The van der Waals surface area contributed by atoms with Gasteiger partial charge in [0.25, 0.3) is 0 Å². The molecule has 4 heterocycles. The maximum absolute atomic E-state index is 12.6. The standard InChI is InChI=1S/C18H26N2O2S/c21-18(12-15-2-1-11-23-15)20-8-4-16-17(20)3-7-19(16)13-14-5-9-22-10-6-14/h1-2,11,14,16-17H,3-10,12-13H2/t16-,17-/m1/s1. The van der Waals surface area contributed by atoms with Crippen molar-refractivity contribution in [2.75, 3.05) is 32.8 Å². The van der Waals surface area contributed by atoms with E-state index in [2.05, 4.69) is 21.2 Å². The van der Waals surface area contributed by atoms with Crippen LogP contribution in [0.15, 0.2) is 17.5 Å². The van der Waals surface area contributed by atoms with Crippen molar-refractivity contribution in [1.29, 1.82) is 0 Å². The second-order valence-corrected chi connectivity index (χ2v) is 8.14. The van der Waals surface area contributed by atoms with E-state index in [1.165, 1.54) is 24.3 Å². The summed E-state index contributed by atoms with van der Waals surface area (Å²) in [4.78, 5) is 18.7. The fourth-order valence-corrected chi connectivity index (χ4v) is 5.23. The molecule has 4 nitrogen and oxygen atoms in total. The molecule has 0 radical (unpaired) electrons. The van der Waals surface area contributed by atoms with Crippen LogP contribution in [0.2, 0.25) is 0 Å². The van der Waals surface area contributed by atoms with Gasteiger partial charge in [-0.3, -0.25) is 9.69 Å². The molecule has 0 aromatic carbocycles. The second kappa shape index (κ2) is 6.91. The van der Waals surface area contributed by atoms with Gasteiger partial charge in [0, 0.05) is 49.8 Å². The van der Waals surface area contributed by atoms with Gasteiger partial charge in [0.15, 0.2) is 0 Å². The van der Waals surface area contributed by atoms with Gasteiger partial charge in [-0.25, -0.2) is 0 Å². The van der Waals surface area contributed by atoms with E-state index in [0.29, 0.717) is 24.4 Å². The van der Waals surface area contributed by atoms with E-state index in [4.69, 9.17) is 4.74 Å². The monoisotopic (exact) mass is 334 g/mol. The van der Waals surface area contributed by atoms with Crippen molar-refractivity contribution in [3.63, 3.8) is 0 Å². The van der Waals surface area contributed by atoms with Crippen molar-refractivity contribution < 1.29 is 9.53 Å². The molecule has 1 aromatic heterocycles. The number of nitrogens with zero attached hydrogens (tertiary/aromatic N) is 2. The minimum absolute atomic E-state index is 0.327. The van der Waals surface area contributed by atoms with E-state index in [-0.39, 0.29) is 0 Å². The minimum Gasteiger partial charge on any atom is -0.381 e. The molecule has 0 saturated carbocycles. The van der Waals surface area contributed by atoms with E-state index in [0.717, 1.165) is 45.1 Å². The highest BCUT2D eigenvalue weighted by Crippen LogP contribution is 2.33. The summed E-state index contributed by atoms with van der Waals surface area (Å²) in [6.07, 6.45) is 5.30. The first-order valence-electron chi connectivity index (χ1n) is 8.95. The lowest BCUT2D eigenvalue weighted by atomic mass is 9.99. The van der Waals surface area contributed by atoms with Crippen LogP contribution >= 0.6 is 11.3 Å².